The molecule has 0 aliphatic rings. The van der Waals surface area contributed by atoms with Crippen LogP contribution in [-0.4, -0.2) is 27.8 Å². The molecule has 1 aromatic heterocycles. The number of halogens is 1. The second-order valence-electron chi connectivity index (χ2n) is 3.76. The lowest BCUT2D eigenvalue weighted by Gasteiger charge is -2.18. The predicted molar refractivity (Wildman–Crippen MR) is 64.1 cm³/mol. The predicted octanol–water partition coefficient (Wildman–Crippen LogP) is 2.12. The molecule has 0 aliphatic heterocycles. The van der Waals surface area contributed by atoms with Crippen LogP contribution in [-0.2, 0) is 13.6 Å². The summed E-state index contributed by atoms with van der Waals surface area (Å²) in [5.41, 5.74) is 2.02. The second kappa shape index (κ2) is 5.88. The van der Waals surface area contributed by atoms with Crippen molar-refractivity contribution >= 4 is 11.6 Å². The van der Waals surface area contributed by atoms with Crippen LogP contribution in [0.4, 0.5) is 0 Å². The Kier molecular flexibility index (Phi) is 4.78. The summed E-state index contributed by atoms with van der Waals surface area (Å²) < 4.78 is 1.68. The molecule has 0 saturated heterocycles. The van der Waals surface area contributed by atoms with Crippen LogP contribution >= 0.6 is 11.6 Å². The highest BCUT2D eigenvalue weighted by atomic mass is 35.5. The highest BCUT2D eigenvalue weighted by Crippen LogP contribution is 2.20. The number of rotatable bonds is 5. The average Bonchev–Trinajstić information content (AvgIpc) is 2.50. The Bertz CT molecular complexity index is 391. The maximum absolute atomic E-state index is 8.57. The summed E-state index contributed by atoms with van der Waals surface area (Å²) in [7, 11) is 1.84. The minimum atomic E-state index is 0.546. The van der Waals surface area contributed by atoms with E-state index in [1.165, 1.54) is 0 Å². The number of nitriles is 1. The molecular weight excluding hydrogens is 224 g/mol. The van der Waals surface area contributed by atoms with Gasteiger partial charge in [-0.15, -0.1) is 0 Å². The van der Waals surface area contributed by atoms with E-state index in [9.17, 15) is 0 Å². The van der Waals surface area contributed by atoms with E-state index in [2.05, 4.69) is 23.0 Å². The van der Waals surface area contributed by atoms with Crippen LogP contribution < -0.4 is 0 Å². The topological polar surface area (TPSA) is 44.9 Å². The largest absolute Gasteiger partial charge is 0.298 e. The lowest BCUT2D eigenvalue weighted by molar-refractivity contribution is 0.286. The van der Waals surface area contributed by atoms with Gasteiger partial charge >= 0.3 is 0 Å². The van der Waals surface area contributed by atoms with Crippen molar-refractivity contribution in [2.24, 2.45) is 7.05 Å². The first kappa shape index (κ1) is 13.0. The summed E-state index contributed by atoms with van der Waals surface area (Å²) in [4.78, 5) is 2.19. The van der Waals surface area contributed by atoms with Gasteiger partial charge in [0.15, 0.2) is 0 Å². The first-order chi connectivity index (χ1) is 7.60. The van der Waals surface area contributed by atoms with Gasteiger partial charge in [-0.1, -0.05) is 18.5 Å². The lowest BCUT2D eigenvalue weighted by atomic mass is 10.2. The zero-order valence-electron chi connectivity index (χ0n) is 10.00. The van der Waals surface area contributed by atoms with Gasteiger partial charge in [0.2, 0.25) is 0 Å². The van der Waals surface area contributed by atoms with E-state index >= 15 is 0 Å². The van der Waals surface area contributed by atoms with Crippen LogP contribution in [0.5, 0.6) is 0 Å². The summed E-state index contributed by atoms with van der Waals surface area (Å²) in [5, 5.41) is 13.5. The fourth-order valence-corrected chi connectivity index (χ4v) is 1.87. The van der Waals surface area contributed by atoms with Crippen molar-refractivity contribution in [3.05, 3.63) is 16.4 Å². The molecule has 0 radical (unpaired) electrons. The first-order valence-electron chi connectivity index (χ1n) is 5.37. The highest BCUT2D eigenvalue weighted by molar-refractivity contribution is 6.30. The summed E-state index contributed by atoms with van der Waals surface area (Å²) in [6.45, 7) is 6.48. The van der Waals surface area contributed by atoms with Crippen molar-refractivity contribution in [1.29, 1.82) is 5.26 Å². The van der Waals surface area contributed by atoms with Crippen molar-refractivity contribution in [3.8, 4) is 6.07 Å². The third-order valence-electron chi connectivity index (χ3n) is 2.64. The standard InChI is InChI=1S/C11H17ClN4/c1-4-16(7-5-6-13)8-10-9(2)14-15(3)11(10)12/h4-5,7-8H2,1-3H3. The van der Waals surface area contributed by atoms with Gasteiger partial charge in [0.25, 0.3) is 0 Å². The number of nitrogens with zero attached hydrogens (tertiary/aromatic N) is 4. The summed E-state index contributed by atoms with van der Waals surface area (Å²) >= 11 is 6.16. The number of aromatic nitrogens is 2. The van der Waals surface area contributed by atoms with E-state index in [4.69, 9.17) is 16.9 Å². The second-order valence-corrected chi connectivity index (χ2v) is 4.11. The van der Waals surface area contributed by atoms with Crippen LogP contribution in [0.15, 0.2) is 0 Å². The van der Waals surface area contributed by atoms with Gasteiger partial charge in [0.1, 0.15) is 5.15 Å². The Morgan fingerprint density at radius 3 is 2.69 bits per heavy atom. The van der Waals surface area contributed by atoms with Gasteiger partial charge in [0.05, 0.1) is 11.8 Å². The number of aryl methyl sites for hydroxylation is 2. The van der Waals surface area contributed by atoms with Gasteiger partial charge in [-0.3, -0.25) is 9.58 Å². The highest BCUT2D eigenvalue weighted by Gasteiger charge is 2.13. The minimum Gasteiger partial charge on any atom is -0.298 e. The molecule has 0 fully saturated rings. The molecule has 1 heterocycles. The Morgan fingerprint density at radius 2 is 2.25 bits per heavy atom. The molecule has 4 nitrogen and oxygen atoms in total. The van der Waals surface area contributed by atoms with Crippen LogP contribution in [0.2, 0.25) is 5.15 Å². The molecule has 0 N–H and O–H groups in total. The van der Waals surface area contributed by atoms with Crippen LogP contribution in [0.1, 0.15) is 24.6 Å². The minimum absolute atomic E-state index is 0.546. The lowest BCUT2D eigenvalue weighted by Crippen LogP contribution is -2.24. The molecular formula is C11H17ClN4. The molecule has 88 valence electrons. The van der Waals surface area contributed by atoms with E-state index in [-0.39, 0.29) is 0 Å². The molecule has 0 aromatic carbocycles. The Morgan fingerprint density at radius 1 is 1.56 bits per heavy atom. The quantitative estimate of drug-likeness (QED) is 0.792. The van der Waals surface area contributed by atoms with Gasteiger partial charge in [-0.2, -0.15) is 10.4 Å². The normalized spacial score (nSPS) is 10.8. The van der Waals surface area contributed by atoms with Crippen molar-refractivity contribution in [3.63, 3.8) is 0 Å². The van der Waals surface area contributed by atoms with Gasteiger partial charge in [-0.05, 0) is 13.5 Å². The van der Waals surface area contributed by atoms with Crippen LogP contribution in [0, 0.1) is 18.3 Å². The molecule has 0 atom stereocenters. The van der Waals surface area contributed by atoms with Gasteiger partial charge in [-0.25, -0.2) is 0 Å². The monoisotopic (exact) mass is 240 g/mol. The van der Waals surface area contributed by atoms with E-state index in [1.807, 2.05) is 14.0 Å². The molecule has 1 aromatic rings. The molecule has 0 unspecified atom stereocenters. The molecule has 0 aliphatic carbocycles. The Balaban J connectivity index is 2.74. The zero-order chi connectivity index (χ0) is 12.1. The van der Waals surface area contributed by atoms with Crippen molar-refractivity contribution < 1.29 is 0 Å². The van der Waals surface area contributed by atoms with E-state index < -0.39 is 0 Å². The van der Waals surface area contributed by atoms with Crippen molar-refractivity contribution in [2.75, 3.05) is 13.1 Å². The molecule has 0 spiro atoms. The van der Waals surface area contributed by atoms with Crippen LogP contribution in [0.3, 0.4) is 0 Å². The van der Waals surface area contributed by atoms with E-state index in [1.54, 1.807) is 4.68 Å². The average molecular weight is 241 g/mol. The molecule has 1 rings (SSSR count). The number of hydrogen-bond donors (Lipinski definition) is 0. The van der Waals surface area contributed by atoms with E-state index in [0.717, 1.165) is 30.9 Å². The smallest absolute Gasteiger partial charge is 0.131 e. The molecule has 0 saturated carbocycles. The first-order valence-corrected chi connectivity index (χ1v) is 5.75. The SMILES string of the molecule is CCN(CCC#N)Cc1c(C)nn(C)c1Cl. The fourth-order valence-electron chi connectivity index (χ4n) is 1.63. The summed E-state index contributed by atoms with van der Waals surface area (Å²) in [5.74, 6) is 0. The van der Waals surface area contributed by atoms with Crippen molar-refractivity contribution in [2.45, 2.75) is 26.8 Å². The maximum atomic E-state index is 8.57. The number of hydrogen-bond acceptors (Lipinski definition) is 3. The molecule has 5 heteroatoms. The Hall–Kier alpha value is -1.05. The fraction of sp³-hybridized carbons (Fsp3) is 0.636. The molecule has 16 heavy (non-hydrogen) atoms. The zero-order valence-corrected chi connectivity index (χ0v) is 10.8. The van der Waals surface area contributed by atoms with Gasteiger partial charge < -0.3 is 0 Å². The van der Waals surface area contributed by atoms with Crippen LogP contribution in [0.25, 0.3) is 0 Å². The third-order valence-corrected chi connectivity index (χ3v) is 3.11. The van der Waals surface area contributed by atoms with Gasteiger partial charge in [0, 0.05) is 32.1 Å². The Labute approximate surface area is 101 Å². The third kappa shape index (κ3) is 2.97. The molecule has 0 amide bonds. The van der Waals surface area contributed by atoms with Crippen molar-refractivity contribution in [1.82, 2.24) is 14.7 Å². The molecule has 0 bridgehead atoms. The van der Waals surface area contributed by atoms with E-state index in [0.29, 0.717) is 11.6 Å². The summed E-state index contributed by atoms with van der Waals surface area (Å²) in [6.07, 6.45) is 0.546. The maximum Gasteiger partial charge on any atom is 0.131 e. The summed E-state index contributed by atoms with van der Waals surface area (Å²) in [6, 6.07) is 2.16.